The number of carbonyl (C=O) groups is 3. The van der Waals surface area contributed by atoms with Crippen LogP contribution in [-0.2, 0) is 14.4 Å². The molecule has 0 aromatic heterocycles. The first kappa shape index (κ1) is 14.0. The van der Waals surface area contributed by atoms with Gasteiger partial charge in [0.15, 0.2) is 0 Å². The lowest BCUT2D eigenvalue weighted by atomic mass is 9.86. The van der Waals surface area contributed by atoms with E-state index in [2.05, 4.69) is 0 Å². The molecule has 106 valence electrons. The number of carbonyl (C=O) groups excluding carboxylic acids is 2. The number of carboxylic acid groups (broad SMARTS) is 1. The Labute approximate surface area is 112 Å². The van der Waals surface area contributed by atoms with E-state index in [1.165, 1.54) is 4.90 Å². The first-order valence-electron chi connectivity index (χ1n) is 6.76. The van der Waals surface area contributed by atoms with E-state index in [0.29, 0.717) is 19.6 Å². The van der Waals surface area contributed by atoms with Gasteiger partial charge in [-0.05, 0) is 12.3 Å². The zero-order valence-corrected chi connectivity index (χ0v) is 11.3. The van der Waals surface area contributed by atoms with Gasteiger partial charge in [-0.15, -0.1) is 0 Å². The number of carboxylic acids is 1. The fourth-order valence-corrected chi connectivity index (χ4v) is 2.73. The highest BCUT2D eigenvalue weighted by atomic mass is 16.4. The van der Waals surface area contributed by atoms with Crippen LogP contribution >= 0.6 is 0 Å². The number of amides is 2. The first-order chi connectivity index (χ1) is 8.95. The average Bonchev–Trinajstić information content (AvgIpc) is 2.55. The molecule has 0 saturated carbocycles. The maximum absolute atomic E-state index is 12.1. The second-order valence-electron chi connectivity index (χ2n) is 5.44. The van der Waals surface area contributed by atoms with Gasteiger partial charge in [-0.2, -0.15) is 0 Å². The molecule has 0 aromatic rings. The predicted octanol–water partition coefficient (Wildman–Crippen LogP) is 0.176. The molecule has 0 bridgehead atoms. The van der Waals surface area contributed by atoms with Crippen LogP contribution < -0.4 is 0 Å². The van der Waals surface area contributed by atoms with E-state index in [1.54, 1.807) is 6.92 Å². The van der Waals surface area contributed by atoms with Crippen LogP contribution in [0.3, 0.4) is 0 Å². The normalized spacial score (nSPS) is 26.6. The highest BCUT2D eigenvalue weighted by Gasteiger charge is 2.46. The van der Waals surface area contributed by atoms with E-state index in [-0.39, 0.29) is 30.2 Å². The Balaban J connectivity index is 1.91. The average molecular weight is 268 g/mol. The molecule has 0 spiro atoms. The Bertz CT molecular complexity index is 403. The minimum absolute atomic E-state index is 0.0839. The molecule has 1 N–H and O–H groups in total. The molecule has 2 heterocycles. The maximum Gasteiger partial charge on any atom is 0.306 e. The SMILES string of the molecule is CCCN1C(=O)CC(N2CC(C(C)C(=O)O)C2)C1=O. The summed E-state index contributed by atoms with van der Waals surface area (Å²) in [5.41, 5.74) is 0. The molecule has 6 heteroatoms. The molecule has 0 aliphatic carbocycles. The Hall–Kier alpha value is -1.43. The summed E-state index contributed by atoms with van der Waals surface area (Å²) >= 11 is 0. The molecule has 2 aliphatic heterocycles. The smallest absolute Gasteiger partial charge is 0.306 e. The monoisotopic (exact) mass is 268 g/mol. The fraction of sp³-hybridized carbons (Fsp3) is 0.769. The minimum Gasteiger partial charge on any atom is -0.481 e. The summed E-state index contributed by atoms with van der Waals surface area (Å²) in [4.78, 5) is 38.0. The Morgan fingerprint density at radius 3 is 2.58 bits per heavy atom. The van der Waals surface area contributed by atoms with Gasteiger partial charge in [0.05, 0.1) is 18.4 Å². The third-order valence-electron chi connectivity index (χ3n) is 4.14. The Kier molecular flexibility index (Phi) is 3.89. The van der Waals surface area contributed by atoms with Crippen molar-refractivity contribution >= 4 is 17.8 Å². The number of hydrogen-bond acceptors (Lipinski definition) is 4. The van der Waals surface area contributed by atoms with Crippen LogP contribution in [0.4, 0.5) is 0 Å². The molecule has 2 fully saturated rings. The van der Waals surface area contributed by atoms with E-state index in [9.17, 15) is 14.4 Å². The number of imide groups is 1. The summed E-state index contributed by atoms with van der Waals surface area (Å²) in [6.45, 7) is 5.29. The highest BCUT2D eigenvalue weighted by Crippen LogP contribution is 2.30. The zero-order chi connectivity index (χ0) is 14.2. The lowest BCUT2D eigenvalue weighted by Gasteiger charge is -2.43. The number of hydrogen-bond donors (Lipinski definition) is 1. The summed E-state index contributed by atoms with van der Waals surface area (Å²) < 4.78 is 0. The summed E-state index contributed by atoms with van der Waals surface area (Å²) in [5.74, 6) is -1.33. The van der Waals surface area contributed by atoms with Gasteiger partial charge in [-0.1, -0.05) is 13.8 Å². The number of aliphatic carboxylic acids is 1. The molecular weight excluding hydrogens is 248 g/mol. The topological polar surface area (TPSA) is 77.9 Å². The Morgan fingerprint density at radius 1 is 1.42 bits per heavy atom. The molecular formula is C13H20N2O4. The van der Waals surface area contributed by atoms with Crippen LogP contribution in [-0.4, -0.2) is 58.4 Å². The van der Waals surface area contributed by atoms with E-state index >= 15 is 0 Å². The van der Waals surface area contributed by atoms with Crippen molar-refractivity contribution in [3.8, 4) is 0 Å². The van der Waals surface area contributed by atoms with Crippen molar-refractivity contribution in [1.82, 2.24) is 9.80 Å². The first-order valence-corrected chi connectivity index (χ1v) is 6.76. The van der Waals surface area contributed by atoms with E-state index < -0.39 is 11.9 Å². The van der Waals surface area contributed by atoms with Crippen molar-refractivity contribution in [3.63, 3.8) is 0 Å². The lowest BCUT2D eigenvalue weighted by molar-refractivity contribution is -0.146. The number of likely N-dealkylation sites (tertiary alicyclic amines) is 2. The fourth-order valence-electron chi connectivity index (χ4n) is 2.73. The molecule has 6 nitrogen and oxygen atoms in total. The molecule has 2 unspecified atom stereocenters. The van der Waals surface area contributed by atoms with Gasteiger partial charge in [-0.3, -0.25) is 24.2 Å². The molecule has 2 rings (SSSR count). The summed E-state index contributed by atoms with van der Waals surface area (Å²) in [6, 6.07) is -0.365. The van der Waals surface area contributed by atoms with E-state index in [1.807, 2.05) is 11.8 Å². The van der Waals surface area contributed by atoms with Crippen molar-refractivity contribution < 1.29 is 19.5 Å². The van der Waals surface area contributed by atoms with Gasteiger partial charge in [0.1, 0.15) is 0 Å². The molecule has 2 saturated heterocycles. The van der Waals surface area contributed by atoms with Crippen molar-refractivity contribution in [2.24, 2.45) is 11.8 Å². The number of nitrogens with zero attached hydrogens (tertiary/aromatic N) is 2. The minimum atomic E-state index is -0.800. The third kappa shape index (κ3) is 2.49. The van der Waals surface area contributed by atoms with Gasteiger partial charge in [0, 0.05) is 19.6 Å². The van der Waals surface area contributed by atoms with Crippen molar-refractivity contribution in [1.29, 1.82) is 0 Å². The van der Waals surface area contributed by atoms with Gasteiger partial charge in [0.2, 0.25) is 11.8 Å². The van der Waals surface area contributed by atoms with Crippen molar-refractivity contribution in [2.45, 2.75) is 32.7 Å². The zero-order valence-electron chi connectivity index (χ0n) is 11.3. The molecule has 2 amide bonds. The standard InChI is InChI=1S/C13H20N2O4/c1-3-4-15-11(16)5-10(12(15)17)14-6-9(7-14)8(2)13(18)19/h8-10H,3-7H2,1-2H3,(H,18,19). The van der Waals surface area contributed by atoms with Gasteiger partial charge in [0.25, 0.3) is 0 Å². The highest BCUT2D eigenvalue weighted by molar-refractivity contribution is 6.05. The summed E-state index contributed by atoms with van der Waals surface area (Å²) in [7, 11) is 0. The maximum atomic E-state index is 12.1. The van der Waals surface area contributed by atoms with E-state index in [4.69, 9.17) is 5.11 Å². The molecule has 0 aromatic carbocycles. The second-order valence-corrected chi connectivity index (χ2v) is 5.44. The van der Waals surface area contributed by atoms with Gasteiger partial charge >= 0.3 is 5.97 Å². The molecule has 19 heavy (non-hydrogen) atoms. The second kappa shape index (κ2) is 5.28. The Morgan fingerprint density at radius 2 is 2.05 bits per heavy atom. The van der Waals surface area contributed by atoms with E-state index in [0.717, 1.165) is 6.42 Å². The lowest BCUT2D eigenvalue weighted by Crippen LogP contribution is -2.57. The molecule has 0 radical (unpaired) electrons. The van der Waals surface area contributed by atoms with Crippen LogP contribution in [0.5, 0.6) is 0 Å². The van der Waals surface area contributed by atoms with Crippen LogP contribution in [0.25, 0.3) is 0 Å². The van der Waals surface area contributed by atoms with Crippen molar-refractivity contribution in [2.75, 3.05) is 19.6 Å². The predicted molar refractivity (Wildman–Crippen MR) is 67.3 cm³/mol. The third-order valence-corrected chi connectivity index (χ3v) is 4.14. The quantitative estimate of drug-likeness (QED) is 0.719. The van der Waals surface area contributed by atoms with Gasteiger partial charge in [-0.25, -0.2) is 0 Å². The van der Waals surface area contributed by atoms with Crippen LogP contribution in [0.1, 0.15) is 26.7 Å². The largest absolute Gasteiger partial charge is 0.481 e. The number of rotatable bonds is 5. The van der Waals surface area contributed by atoms with Crippen molar-refractivity contribution in [3.05, 3.63) is 0 Å². The van der Waals surface area contributed by atoms with Crippen LogP contribution in [0.2, 0.25) is 0 Å². The van der Waals surface area contributed by atoms with Crippen LogP contribution in [0.15, 0.2) is 0 Å². The summed E-state index contributed by atoms with van der Waals surface area (Å²) in [5, 5.41) is 8.93. The van der Waals surface area contributed by atoms with Crippen LogP contribution in [0, 0.1) is 11.8 Å². The molecule has 2 aliphatic rings. The summed E-state index contributed by atoms with van der Waals surface area (Å²) in [6.07, 6.45) is 1.01. The molecule has 2 atom stereocenters. The van der Waals surface area contributed by atoms with Gasteiger partial charge < -0.3 is 5.11 Å².